The number of hydrogen-bond donors (Lipinski definition) is 0. The van der Waals surface area contributed by atoms with Crippen molar-refractivity contribution in [2.75, 3.05) is 24.5 Å². The Balaban J connectivity index is 1.44. The molecule has 1 unspecified atom stereocenters. The Hall–Kier alpha value is -2.60. The standard InChI is InChI=1S/C24H27N5O3S3/c1-17-14-18(2)22-20(15-17)34-24(26-22)29(12-11-27-9-5-8-25-27)23(30)19-6-3-10-28(16-19)35(31,32)21-7-4-13-33-21/h4-5,7-9,13-15,19H,3,6,10-12,16H2,1-2H3. The number of thiophene rings is 1. The van der Waals surface area contributed by atoms with Crippen molar-refractivity contribution in [3.8, 4) is 0 Å². The van der Waals surface area contributed by atoms with E-state index < -0.39 is 15.9 Å². The van der Waals surface area contributed by atoms with E-state index in [4.69, 9.17) is 4.98 Å². The van der Waals surface area contributed by atoms with Gasteiger partial charge >= 0.3 is 0 Å². The molecule has 1 atom stereocenters. The smallest absolute Gasteiger partial charge is 0.252 e. The van der Waals surface area contributed by atoms with Crippen LogP contribution in [-0.4, -0.2) is 53.0 Å². The Bertz CT molecular complexity index is 1430. The molecular weight excluding hydrogens is 502 g/mol. The average Bonchev–Trinajstić information content (AvgIpc) is 3.61. The van der Waals surface area contributed by atoms with Crippen molar-refractivity contribution in [1.82, 2.24) is 19.1 Å². The molecule has 5 rings (SSSR count). The summed E-state index contributed by atoms with van der Waals surface area (Å²) in [6.45, 7) is 5.63. The van der Waals surface area contributed by atoms with Gasteiger partial charge in [0.1, 0.15) is 4.21 Å². The van der Waals surface area contributed by atoms with Gasteiger partial charge in [-0.2, -0.15) is 9.40 Å². The van der Waals surface area contributed by atoms with Crippen molar-refractivity contribution < 1.29 is 13.2 Å². The molecular formula is C24H27N5O3S3. The second-order valence-electron chi connectivity index (χ2n) is 8.82. The number of hydrogen-bond acceptors (Lipinski definition) is 7. The van der Waals surface area contributed by atoms with Gasteiger partial charge in [-0.05, 0) is 61.4 Å². The molecule has 1 saturated heterocycles. The molecule has 0 spiro atoms. The fourth-order valence-corrected chi connectivity index (χ4v) is 8.37. The zero-order valence-corrected chi connectivity index (χ0v) is 22.1. The summed E-state index contributed by atoms with van der Waals surface area (Å²) >= 11 is 2.71. The van der Waals surface area contributed by atoms with Crippen molar-refractivity contribution in [2.45, 2.75) is 37.4 Å². The highest BCUT2D eigenvalue weighted by atomic mass is 32.2. The quantitative estimate of drug-likeness (QED) is 0.356. The molecule has 0 saturated carbocycles. The maximum absolute atomic E-state index is 13.9. The topological polar surface area (TPSA) is 88.4 Å². The van der Waals surface area contributed by atoms with E-state index in [0.717, 1.165) is 21.3 Å². The first-order chi connectivity index (χ1) is 16.8. The van der Waals surface area contributed by atoms with Gasteiger partial charge in [-0.25, -0.2) is 13.4 Å². The largest absolute Gasteiger partial charge is 0.286 e. The summed E-state index contributed by atoms with van der Waals surface area (Å²) in [5, 5.41) is 6.67. The average molecular weight is 530 g/mol. The van der Waals surface area contributed by atoms with E-state index in [1.165, 1.54) is 27.0 Å². The minimum atomic E-state index is -3.60. The number of sulfonamides is 1. The first-order valence-corrected chi connectivity index (χ1v) is 14.7. The van der Waals surface area contributed by atoms with E-state index in [-0.39, 0.29) is 12.5 Å². The second-order valence-corrected chi connectivity index (χ2v) is 12.9. The number of carbonyl (C=O) groups is 1. The summed E-state index contributed by atoms with van der Waals surface area (Å²) in [4.78, 5) is 20.5. The number of thiazole rings is 1. The van der Waals surface area contributed by atoms with Crippen LogP contribution in [0, 0.1) is 19.8 Å². The summed E-state index contributed by atoms with van der Waals surface area (Å²) < 4.78 is 30.8. The van der Waals surface area contributed by atoms with Gasteiger partial charge in [-0.3, -0.25) is 14.4 Å². The fraction of sp³-hybridized carbons (Fsp3) is 0.375. The molecule has 1 aliphatic rings. The maximum atomic E-state index is 13.9. The monoisotopic (exact) mass is 529 g/mol. The Kier molecular flexibility index (Phi) is 6.75. The van der Waals surface area contributed by atoms with E-state index in [9.17, 15) is 13.2 Å². The molecule has 1 aromatic carbocycles. The number of rotatable bonds is 7. The number of carbonyl (C=O) groups excluding carboxylic acids is 1. The van der Waals surface area contributed by atoms with Crippen LogP contribution in [0.3, 0.4) is 0 Å². The summed E-state index contributed by atoms with van der Waals surface area (Å²) in [6.07, 6.45) is 4.87. The van der Waals surface area contributed by atoms with Crippen molar-refractivity contribution in [2.24, 2.45) is 5.92 Å². The lowest BCUT2D eigenvalue weighted by Crippen LogP contribution is -2.47. The minimum Gasteiger partial charge on any atom is -0.286 e. The third-order valence-corrected chi connectivity index (χ3v) is 10.5. The molecule has 1 fully saturated rings. The predicted octanol–water partition coefficient (Wildman–Crippen LogP) is 4.31. The zero-order valence-electron chi connectivity index (χ0n) is 19.6. The Labute approximate surface area is 212 Å². The van der Waals surface area contributed by atoms with Crippen molar-refractivity contribution in [3.63, 3.8) is 0 Å². The van der Waals surface area contributed by atoms with Gasteiger partial charge in [0.15, 0.2) is 5.13 Å². The highest BCUT2D eigenvalue weighted by Gasteiger charge is 2.36. The maximum Gasteiger partial charge on any atom is 0.252 e. The van der Waals surface area contributed by atoms with E-state index in [0.29, 0.717) is 41.8 Å². The highest BCUT2D eigenvalue weighted by Crippen LogP contribution is 2.34. The van der Waals surface area contributed by atoms with Gasteiger partial charge in [0.2, 0.25) is 5.91 Å². The number of aromatic nitrogens is 3. The minimum absolute atomic E-state index is 0.0864. The van der Waals surface area contributed by atoms with E-state index in [2.05, 4.69) is 24.2 Å². The number of piperidine rings is 1. The van der Waals surface area contributed by atoms with Crippen LogP contribution in [0.1, 0.15) is 24.0 Å². The zero-order chi connectivity index (χ0) is 24.6. The predicted molar refractivity (Wildman–Crippen MR) is 139 cm³/mol. The molecule has 0 aliphatic carbocycles. The Morgan fingerprint density at radius 3 is 2.86 bits per heavy atom. The molecule has 3 aromatic heterocycles. The lowest BCUT2D eigenvalue weighted by molar-refractivity contribution is -0.123. The molecule has 35 heavy (non-hydrogen) atoms. The first kappa shape index (κ1) is 24.1. The number of fused-ring (bicyclic) bond motifs is 1. The van der Waals surface area contributed by atoms with Gasteiger partial charge in [-0.15, -0.1) is 11.3 Å². The molecule has 1 amide bonds. The number of benzene rings is 1. The number of aryl methyl sites for hydroxylation is 2. The Morgan fingerprint density at radius 1 is 1.26 bits per heavy atom. The second kappa shape index (κ2) is 9.81. The number of amides is 1. The lowest BCUT2D eigenvalue weighted by atomic mass is 9.98. The normalized spacial score (nSPS) is 17.1. The summed E-state index contributed by atoms with van der Waals surface area (Å²) in [6, 6.07) is 9.39. The van der Waals surface area contributed by atoms with Crippen LogP contribution in [0.5, 0.6) is 0 Å². The van der Waals surface area contributed by atoms with Crippen molar-refractivity contribution in [1.29, 1.82) is 0 Å². The lowest BCUT2D eigenvalue weighted by Gasteiger charge is -2.33. The summed E-state index contributed by atoms with van der Waals surface area (Å²) in [5.74, 6) is -0.511. The van der Waals surface area contributed by atoms with E-state index >= 15 is 0 Å². The van der Waals surface area contributed by atoms with Crippen LogP contribution in [0.25, 0.3) is 10.2 Å². The number of anilines is 1. The van der Waals surface area contributed by atoms with E-state index in [1.807, 2.05) is 19.2 Å². The first-order valence-electron chi connectivity index (χ1n) is 11.5. The van der Waals surface area contributed by atoms with Gasteiger partial charge < -0.3 is 0 Å². The van der Waals surface area contributed by atoms with Gasteiger partial charge in [0, 0.05) is 32.0 Å². The highest BCUT2D eigenvalue weighted by molar-refractivity contribution is 7.91. The van der Waals surface area contributed by atoms with Gasteiger partial charge in [0.25, 0.3) is 10.0 Å². The molecule has 0 N–H and O–H groups in total. The summed E-state index contributed by atoms with van der Waals surface area (Å²) in [7, 11) is -3.60. The van der Waals surface area contributed by atoms with Gasteiger partial charge in [0.05, 0.1) is 22.7 Å². The van der Waals surface area contributed by atoms with Crippen molar-refractivity contribution >= 4 is 54.0 Å². The third-order valence-electron chi connectivity index (χ3n) is 6.25. The van der Waals surface area contributed by atoms with E-state index in [1.54, 1.807) is 33.3 Å². The molecule has 8 nitrogen and oxygen atoms in total. The van der Waals surface area contributed by atoms with Crippen LogP contribution < -0.4 is 4.90 Å². The molecule has 11 heteroatoms. The van der Waals surface area contributed by atoms with Crippen LogP contribution in [0.15, 0.2) is 52.3 Å². The molecule has 1 aliphatic heterocycles. The fourth-order valence-electron chi connectivity index (χ4n) is 4.53. The Morgan fingerprint density at radius 2 is 2.11 bits per heavy atom. The van der Waals surface area contributed by atoms with Crippen molar-refractivity contribution in [3.05, 3.63) is 59.2 Å². The van der Waals surface area contributed by atoms with Crippen LogP contribution in [0.2, 0.25) is 0 Å². The van der Waals surface area contributed by atoms with Crippen LogP contribution >= 0.6 is 22.7 Å². The number of nitrogens with zero attached hydrogens (tertiary/aromatic N) is 5. The molecule has 184 valence electrons. The summed E-state index contributed by atoms with van der Waals surface area (Å²) in [5.41, 5.74) is 3.13. The molecule has 4 aromatic rings. The third kappa shape index (κ3) is 4.90. The van der Waals surface area contributed by atoms with Gasteiger partial charge in [-0.1, -0.05) is 23.5 Å². The molecule has 0 bridgehead atoms. The van der Waals surface area contributed by atoms with Crippen LogP contribution in [0.4, 0.5) is 5.13 Å². The van der Waals surface area contributed by atoms with Crippen LogP contribution in [-0.2, 0) is 21.4 Å². The SMILES string of the molecule is Cc1cc(C)c2nc(N(CCn3cccn3)C(=O)C3CCCN(S(=O)(=O)c4cccs4)C3)sc2c1. The molecule has 0 radical (unpaired) electrons. The molecule has 4 heterocycles.